The summed E-state index contributed by atoms with van der Waals surface area (Å²) in [5.74, 6) is 0.465. The van der Waals surface area contributed by atoms with Crippen LogP contribution in [0, 0.1) is 6.92 Å². The molecule has 5 heteroatoms. The van der Waals surface area contributed by atoms with E-state index in [-0.39, 0.29) is 17.8 Å². The molecule has 2 N–H and O–H groups in total. The molecule has 0 bridgehead atoms. The minimum Gasteiger partial charge on any atom is -0.504 e. The van der Waals surface area contributed by atoms with Crippen LogP contribution >= 0.6 is 0 Å². The fourth-order valence-corrected chi connectivity index (χ4v) is 3.58. The number of hydrogen-bond acceptors (Lipinski definition) is 4. The molecule has 3 aromatic carbocycles. The number of nitrogens with zero attached hydrogens (tertiary/aromatic N) is 1. The van der Waals surface area contributed by atoms with Crippen molar-refractivity contribution in [1.82, 2.24) is 4.90 Å². The lowest BCUT2D eigenvalue weighted by molar-refractivity contribution is 0.0666. The van der Waals surface area contributed by atoms with E-state index in [1.54, 1.807) is 12.1 Å². The zero-order valence-corrected chi connectivity index (χ0v) is 16.6. The van der Waals surface area contributed by atoms with Crippen LogP contribution in [0.15, 0.2) is 66.7 Å². The number of fused-ring (bicyclic) bond motifs is 1. The van der Waals surface area contributed by atoms with Crippen LogP contribution < -0.4 is 10.1 Å². The zero-order chi connectivity index (χ0) is 20.4. The van der Waals surface area contributed by atoms with Crippen LogP contribution in [0.4, 0.5) is 5.69 Å². The van der Waals surface area contributed by atoms with Gasteiger partial charge in [-0.05, 0) is 49.2 Å². The van der Waals surface area contributed by atoms with Crippen molar-refractivity contribution in [3.05, 3.63) is 89.0 Å². The fourth-order valence-electron chi connectivity index (χ4n) is 3.58. The van der Waals surface area contributed by atoms with Gasteiger partial charge in [0.05, 0.1) is 12.2 Å². The summed E-state index contributed by atoms with van der Waals surface area (Å²) < 4.78 is 5.55. The number of para-hydroxylation sites is 1. The molecule has 0 saturated carbocycles. The summed E-state index contributed by atoms with van der Waals surface area (Å²) in [4.78, 5) is 15.2. The van der Waals surface area contributed by atoms with Gasteiger partial charge in [-0.1, -0.05) is 48.0 Å². The SMILES string of the molecule is CCOc1cc([C@H]2Nc3ccccc3C(=O)N2Cc2ccc(C)cc2)ccc1O. The van der Waals surface area contributed by atoms with Crippen LogP contribution in [-0.4, -0.2) is 22.5 Å². The maximum atomic E-state index is 13.4. The second kappa shape index (κ2) is 7.87. The number of benzene rings is 3. The van der Waals surface area contributed by atoms with Gasteiger partial charge in [0.1, 0.15) is 6.17 Å². The van der Waals surface area contributed by atoms with Gasteiger partial charge in [0.25, 0.3) is 5.91 Å². The van der Waals surface area contributed by atoms with Crippen molar-refractivity contribution in [1.29, 1.82) is 0 Å². The second-order valence-electron chi connectivity index (χ2n) is 7.17. The normalized spacial score (nSPS) is 15.6. The molecular formula is C24H24N2O3. The number of aromatic hydroxyl groups is 1. The first-order valence-electron chi connectivity index (χ1n) is 9.74. The molecule has 0 aromatic heterocycles. The molecule has 1 aliphatic heterocycles. The Bertz CT molecular complexity index is 1030. The summed E-state index contributed by atoms with van der Waals surface area (Å²) in [5, 5.41) is 13.6. The Morgan fingerprint density at radius 2 is 1.83 bits per heavy atom. The van der Waals surface area contributed by atoms with Crippen LogP contribution in [-0.2, 0) is 6.54 Å². The van der Waals surface area contributed by atoms with Gasteiger partial charge in [0.2, 0.25) is 0 Å². The number of phenols is 1. The third-order valence-electron chi connectivity index (χ3n) is 5.10. The van der Waals surface area contributed by atoms with Crippen LogP contribution in [0.5, 0.6) is 11.5 Å². The van der Waals surface area contributed by atoms with E-state index < -0.39 is 0 Å². The van der Waals surface area contributed by atoms with Crippen LogP contribution in [0.1, 0.15) is 40.1 Å². The van der Waals surface area contributed by atoms with Crippen LogP contribution in [0.2, 0.25) is 0 Å². The maximum Gasteiger partial charge on any atom is 0.258 e. The van der Waals surface area contributed by atoms with Crippen molar-refractivity contribution < 1.29 is 14.6 Å². The van der Waals surface area contributed by atoms with Gasteiger partial charge in [-0.2, -0.15) is 0 Å². The molecule has 0 unspecified atom stereocenters. The fraction of sp³-hybridized carbons (Fsp3) is 0.208. The predicted molar refractivity (Wildman–Crippen MR) is 113 cm³/mol. The first kappa shape index (κ1) is 18.9. The van der Waals surface area contributed by atoms with E-state index in [9.17, 15) is 9.90 Å². The largest absolute Gasteiger partial charge is 0.504 e. The third-order valence-corrected chi connectivity index (χ3v) is 5.10. The number of aryl methyl sites for hydroxylation is 1. The summed E-state index contributed by atoms with van der Waals surface area (Å²) in [6.45, 7) is 4.83. The highest BCUT2D eigenvalue weighted by Gasteiger charge is 2.33. The number of anilines is 1. The van der Waals surface area contributed by atoms with Crippen molar-refractivity contribution in [3.8, 4) is 11.5 Å². The Hall–Kier alpha value is -3.47. The smallest absolute Gasteiger partial charge is 0.258 e. The summed E-state index contributed by atoms with van der Waals surface area (Å²) >= 11 is 0. The summed E-state index contributed by atoms with van der Waals surface area (Å²) in [6, 6.07) is 20.9. The number of hydrogen-bond donors (Lipinski definition) is 2. The van der Waals surface area contributed by atoms with Crippen molar-refractivity contribution >= 4 is 11.6 Å². The minimum atomic E-state index is -0.376. The van der Waals surface area contributed by atoms with Crippen LogP contribution in [0.3, 0.4) is 0 Å². The monoisotopic (exact) mass is 388 g/mol. The molecule has 29 heavy (non-hydrogen) atoms. The summed E-state index contributed by atoms with van der Waals surface area (Å²) in [7, 11) is 0. The van der Waals surface area contributed by atoms with Gasteiger partial charge in [0.15, 0.2) is 11.5 Å². The molecular weight excluding hydrogens is 364 g/mol. The molecule has 0 spiro atoms. The Balaban J connectivity index is 1.75. The highest BCUT2D eigenvalue weighted by Crippen LogP contribution is 2.37. The predicted octanol–water partition coefficient (Wildman–Crippen LogP) is 4.87. The molecule has 5 nitrogen and oxygen atoms in total. The van der Waals surface area contributed by atoms with E-state index in [0.29, 0.717) is 24.5 Å². The van der Waals surface area contributed by atoms with Gasteiger partial charge >= 0.3 is 0 Å². The number of carbonyl (C=O) groups excluding carboxylic acids is 1. The van der Waals surface area contributed by atoms with E-state index in [1.165, 1.54) is 5.56 Å². The molecule has 1 atom stereocenters. The number of rotatable bonds is 5. The molecule has 4 rings (SSSR count). The lowest BCUT2D eigenvalue weighted by atomic mass is 10.0. The van der Waals surface area contributed by atoms with Gasteiger partial charge in [0, 0.05) is 12.2 Å². The average molecular weight is 388 g/mol. The first-order valence-corrected chi connectivity index (χ1v) is 9.74. The molecule has 0 fully saturated rings. The quantitative estimate of drug-likeness (QED) is 0.655. The molecule has 1 amide bonds. The van der Waals surface area contributed by atoms with Gasteiger partial charge in [-0.3, -0.25) is 4.79 Å². The number of carbonyl (C=O) groups is 1. The number of phenolic OH excluding ortho intramolecular Hbond substituents is 1. The summed E-state index contributed by atoms with van der Waals surface area (Å²) in [5.41, 5.74) is 4.53. The standard InChI is InChI=1S/C24H24N2O3/c1-3-29-22-14-18(12-13-21(22)27)23-25-20-7-5-4-6-19(20)24(28)26(23)15-17-10-8-16(2)9-11-17/h4-14,23,25,27H,3,15H2,1-2H3/t23-/m0/s1. The Morgan fingerprint density at radius 1 is 1.07 bits per heavy atom. The Morgan fingerprint density at radius 3 is 2.59 bits per heavy atom. The van der Waals surface area contributed by atoms with Crippen molar-refractivity contribution in [3.63, 3.8) is 0 Å². The van der Waals surface area contributed by atoms with E-state index in [2.05, 4.69) is 5.32 Å². The van der Waals surface area contributed by atoms with E-state index >= 15 is 0 Å². The lowest BCUT2D eigenvalue weighted by Gasteiger charge is -2.38. The van der Waals surface area contributed by atoms with E-state index in [0.717, 1.165) is 16.8 Å². The minimum absolute atomic E-state index is 0.0315. The average Bonchev–Trinajstić information content (AvgIpc) is 2.73. The van der Waals surface area contributed by atoms with E-state index in [4.69, 9.17) is 4.74 Å². The number of nitrogens with one attached hydrogen (secondary N) is 1. The molecule has 1 aliphatic rings. The van der Waals surface area contributed by atoms with E-state index in [1.807, 2.05) is 73.3 Å². The number of amides is 1. The highest BCUT2D eigenvalue weighted by atomic mass is 16.5. The zero-order valence-electron chi connectivity index (χ0n) is 16.6. The molecule has 1 heterocycles. The van der Waals surface area contributed by atoms with Crippen LogP contribution in [0.25, 0.3) is 0 Å². The lowest BCUT2D eigenvalue weighted by Crippen LogP contribution is -2.42. The van der Waals surface area contributed by atoms with Gasteiger partial charge in [-0.15, -0.1) is 0 Å². The third kappa shape index (κ3) is 3.76. The molecule has 3 aromatic rings. The second-order valence-corrected chi connectivity index (χ2v) is 7.17. The Labute approximate surface area is 170 Å². The van der Waals surface area contributed by atoms with Crippen molar-refractivity contribution in [2.24, 2.45) is 0 Å². The molecule has 0 radical (unpaired) electrons. The maximum absolute atomic E-state index is 13.4. The van der Waals surface area contributed by atoms with Gasteiger partial charge in [-0.25, -0.2) is 0 Å². The summed E-state index contributed by atoms with van der Waals surface area (Å²) in [6.07, 6.45) is -0.376. The topological polar surface area (TPSA) is 61.8 Å². The Kier molecular flexibility index (Phi) is 5.12. The highest BCUT2D eigenvalue weighted by molar-refractivity contribution is 6.01. The number of ether oxygens (including phenoxy) is 1. The first-order chi connectivity index (χ1) is 14.1. The van der Waals surface area contributed by atoms with Gasteiger partial charge < -0.3 is 20.1 Å². The molecule has 0 aliphatic carbocycles. The molecule has 148 valence electrons. The van der Waals surface area contributed by atoms with Crippen molar-refractivity contribution in [2.75, 3.05) is 11.9 Å². The molecule has 0 saturated heterocycles. The van der Waals surface area contributed by atoms with Crippen molar-refractivity contribution in [2.45, 2.75) is 26.6 Å².